The van der Waals surface area contributed by atoms with Crippen LogP contribution in [0.25, 0.3) is 0 Å². The van der Waals surface area contributed by atoms with E-state index in [2.05, 4.69) is 0 Å². The third-order valence-electron chi connectivity index (χ3n) is 4.05. The van der Waals surface area contributed by atoms with Crippen LogP contribution in [0.5, 0.6) is 0 Å². The van der Waals surface area contributed by atoms with Crippen LogP contribution in [-0.2, 0) is 6.42 Å². The summed E-state index contributed by atoms with van der Waals surface area (Å²) in [7, 11) is 0. The van der Waals surface area contributed by atoms with Crippen LogP contribution in [0.15, 0.2) is 17.7 Å². The van der Waals surface area contributed by atoms with Crippen molar-refractivity contribution >= 4 is 11.6 Å². The van der Waals surface area contributed by atoms with Crippen LogP contribution < -0.4 is 0 Å². The van der Waals surface area contributed by atoms with E-state index in [9.17, 15) is 17.6 Å². The third kappa shape index (κ3) is 2.38. The Morgan fingerprint density at radius 3 is 2.16 bits per heavy atom. The van der Waals surface area contributed by atoms with Crippen molar-refractivity contribution in [2.75, 3.05) is 0 Å². The van der Waals surface area contributed by atoms with Crippen molar-refractivity contribution in [2.24, 2.45) is 17.3 Å². The first-order valence-corrected chi connectivity index (χ1v) is 6.33. The van der Waals surface area contributed by atoms with Gasteiger partial charge in [0.1, 0.15) is 0 Å². The van der Waals surface area contributed by atoms with Crippen molar-refractivity contribution in [1.82, 2.24) is 0 Å². The van der Waals surface area contributed by atoms with E-state index in [0.717, 1.165) is 0 Å². The first-order valence-electron chi connectivity index (χ1n) is 5.89. The van der Waals surface area contributed by atoms with E-state index in [0.29, 0.717) is 0 Å². The predicted octanol–water partition coefficient (Wildman–Crippen LogP) is 4.81. The molecule has 0 N–H and O–H groups in total. The molecule has 0 radical (unpaired) electrons. The molecule has 104 valence electrons. The Balaban J connectivity index is 2.31. The summed E-state index contributed by atoms with van der Waals surface area (Å²) in [5.41, 5.74) is 0.638. The Labute approximate surface area is 114 Å². The van der Waals surface area contributed by atoms with Crippen molar-refractivity contribution in [1.29, 1.82) is 0 Å². The zero-order valence-corrected chi connectivity index (χ0v) is 11.2. The van der Waals surface area contributed by atoms with Gasteiger partial charge in [0.05, 0.1) is 0 Å². The van der Waals surface area contributed by atoms with Crippen LogP contribution in [0, 0.1) is 40.5 Å². The van der Waals surface area contributed by atoms with Crippen LogP contribution >= 0.6 is 11.6 Å². The smallest absolute Gasteiger partial charge is 0.165 e. The van der Waals surface area contributed by atoms with Gasteiger partial charge < -0.3 is 0 Å². The lowest BCUT2D eigenvalue weighted by molar-refractivity contribution is 0.429. The maximum Gasteiger partial charge on any atom is 0.165 e. The largest absolute Gasteiger partial charge is 0.204 e. The van der Waals surface area contributed by atoms with Gasteiger partial charge in [0.25, 0.3) is 0 Å². The Morgan fingerprint density at radius 1 is 1.16 bits per heavy atom. The van der Waals surface area contributed by atoms with Gasteiger partial charge in [-0.25, -0.2) is 17.6 Å². The molecule has 5 heteroatoms. The minimum absolute atomic E-state index is 0.0504. The normalized spacial score (nSPS) is 25.0. The number of allylic oxidation sites excluding steroid dienone is 1. The molecule has 0 saturated heterocycles. The number of rotatable bonds is 3. The van der Waals surface area contributed by atoms with Gasteiger partial charge in [0, 0.05) is 17.2 Å². The molecule has 1 aromatic rings. The molecule has 0 aliphatic heterocycles. The first kappa shape index (κ1) is 14.4. The van der Waals surface area contributed by atoms with Crippen LogP contribution in [0.2, 0.25) is 0 Å². The molecule has 0 heterocycles. The molecule has 0 aromatic heterocycles. The quantitative estimate of drug-likeness (QED) is 0.554. The second kappa shape index (κ2) is 4.82. The van der Waals surface area contributed by atoms with E-state index in [1.54, 1.807) is 6.08 Å². The molecular formula is C14H13ClF4. The number of hydrogen-bond acceptors (Lipinski definition) is 0. The summed E-state index contributed by atoms with van der Waals surface area (Å²) < 4.78 is 53.4. The monoisotopic (exact) mass is 292 g/mol. The van der Waals surface area contributed by atoms with Gasteiger partial charge in [0.15, 0.2) is 23.3 Å². The standard InChI is InChI=1S/C14H13ClF4/c1-14(2)8(3-4-15)9(14)5-7-12(18)10(16)6-11(17)13(7)19/h3-4,6,8-9H,5H2,1-2H3. The highest BCUT2D eigenvalue weighted by Gasteiger charge is 2.56. The first-order chi connectivity index (χ1) is 8.80. The predicted molar refractivity (Wildman–Crippen MR) is 65.7 cm³/mol. The van der Waals surface area contributed by atoms with E-state index in [4.69, 9.17) is 11.6 Å². The lowest BCUT2D eigenvalue weighted by Gasteiger charge is -2.07. The van der Waals surface area contributed by atoms with Gasteiger partial charge >= 0.3 is 0 Å². The average Bonchev–Trinajstić information content (AvgIpc) is 2.84. The fourth-order valence-corrected chi connectivity index (χ4v) is 2.82. The molecule has 1 aliphatic carbocycles. The molecule has 2 unspecified atom stereocenters. The highest BCUT2D eigenvalue weighted by atomic mass is 35.5. The van der Waals surface area contributed by atoms with E-state index in [-0.39, 0.29) is 29.7 Å². The molecule has 0 amide bonds. The maximum absolute atomic E-state index is 13.6. The van der Waals surface area contributed by atoms with E-state index < -0.39 is 28.8 Å². The second-order valence-electron chi connectivity index (χ2n) is 5.42. The van der Waals surface area contributed by atoms with Gasteiger partial charge in [-0.15, -0.1) is 0 Å². The highest BCUT2D eigenvalue weighted by Crippen LogP contribution is 2.60. The molecular weight excluding hydrogens is 280 g/mol. The Hall–Kier alpha value is -1.03. The van der Waals surface area contributed by atoms with Crippen molar-refractivity contribution in [3.8, 4) is 0 Å². The van der Waals surface area contributed by atoms with Crippen molar-refractivity contribution in [3.63, 3.8) is 0 Å². The average molecular weight is 293 g/mol. The summed E-state index contributed by atoms with van der Waals surface area (Å²) in [6, 6.07) is 0.225. The maximum atomic E-state index is 13.6. The summed E-state index contributed by atoms with van der Waals surface area (Å²) >= 11 is 5.50. The lowest BCUT2D eigenvalue weighted by Crippen LogP contribution is -2.05. The Morgan fingerprint density at radius 2 is 1.68 bits per heavy atom. The van der Waals surface area contributed by atoms with Crippen LogP contribution in [-0.4, -0.2) is 0 Å². The molecule has 0 bridgehead atoms. The molecule has 1 aliphatic rings. The van der Waals surface area contributed by atoms with Crippen molar-refractivity contribution in [3.05, 3.63) is 46.5 Å². The lowest BCUT2D eigenvalue weighted by atomic mass is 10.0. The van der Waals surface area contributed by atoms with E-state index >= 15 is 0 Å². The summed E-state index contributed by atoms with van der Waals surface area (Å²) in [6.07, 6.45) is 1.68. The van der Waals surface area contributed by atoms with E-state index in [1.165, 1.54) is 5.54 Å². The number of halogens is 5. The minimum atomic E-state index is -1.36. The van der Waals surface area contributed by atoms with Gasteiger partial charge in [-0.1, -0.05) is 31.5 Å². The van der Waals surface area contributed by atoms with Gasteiger partial charge in [0.2, 0.25) is 0 Å². The third-order valence-corrected chi connectivity index (χ3v) is 4.19. The fourth-order valence-electron chi connectivity index (χ4n) is 2.66. The molecule has 1 aromatic carbocycles. The van der Waals surface area contributed by atoms with Gasteiger partial charge in [-0.2, -0.15) is 0 Å². The molecule has 2 rings (SSSR count). The Bertz CT molecular complexity index is 510. The number of benzene rings is 1. The second-order valence-corrected chi connectivity index (χ2v) is 5.67. The SMILES string of the molecule is CC1(C)C(C=CCl)C1Cc1c(F)c(F)cc(F)c1F. The van der Waals surface area contributed by atoms with Gasteiger partial charge in [-0.05, 0) is 23.7 Å². The van der Waals surface area contributed by atoms with Crippen LogP contribution in [0.1, 0.15) is 19.4 Å². The molecule has 1 saturated carbocycles. The van der Waals surface area contributed by atoms with Gasteiger partial charge in [-0.3, -0.25) is 0 Å². The summed E-state index contributed by atoms with van der Waals surface area (Å²) in [4.78, 5) is 0. The van der Waals surface area contributed by atoms with E-state index in [1.807, 2.05) is 13.8 Å². The van der Waals surface area contributed by atoms with Crippen molar-refractivity contribution < 1.29 is 17.6 Å². The van der Waals surface area contributed by atoms with Crippen LogP contribution in [0.4, 0.5) is 17.6 Å². The number of hydrogen-bond donors (Lipinski definition) is 0. The minimum Gasteiger partial charge on any atom is -0.204 e. The fraction of sp³-hybridized carbons (Fsp3) is 0.429. The summed E-state index contributed by atoms with van der Waals surface area (Å²) in [5, 5.41) is 0. The topological polar surface area (TPSA) is 0 Å². The molecule has 19 heavy (non-hydrogen) atoms. The summed E-state index contributed by atoms with van der Waals surface area (Å²) in [6.45, 7) is 3.84. The van der Waals surface area contributed by atoms with Crippen molar-refractivity contribution in [2.45, 2.75) is 20.3 Å². The molecule has 0 spiro atoms. The highest BCUT2D eigenvalue weighted by molar-refractivity contribution is 6.25. The zero-order valence-electron chi connectivity index (χ0n) is 10.5. The summed E-state index contributed by atoms with van der Waals surface area (Å²) in [5.74, 6) is -5.39. The molecule has 2 atom stereocenters. The molecule has 1 fully saturated rings. The Kier molecular flexibility index (Phi) is 3.65. The van der Waals surface area contributed by atoms with Crippen LogP contribution in [0.3, 0.4) is 0 Å². The molecule has 0 nitrogen and oxygen atoms in total. The zero-order chi connectivity index (χ0) is 14.4.